The summed E-state index contributed by atoms with van der Waals surface area (Å²) < 4.78 is 0. The largest absolute Gasteiger partial charge is 0.352 e. The number of nitrogens with zero attached hydrogens (tertiary/aromatic N) is 1. The molecule has 0 aromatic heterocycles. The maximum atomic E-state index is 12.0. The van der Waals surface area contributed by atoms with E-state index in [1.54, 1.807) is 6.92 Å². The summed E-state index contributed by atoms with van der Waals surface area (Å²) in [7, 11) is 0. The first-order valence-corrected chi connectivity index (χ1v) is 6.52. The van der Waals surface area contributed by atoms with E-state index < -0.39 is 4.92 Å². The van der Waals surface area contributed by atoms with Crippen LogP contribution in [-0.2, 0) is 0 Å². The maximum absolute atomic E-state index is 12.0. The van der Waals surface area contributed by atoms with Crippen LogP contribution in [0.5, 0.6) is 0 Å². The van der Waals surface area contributed by atoms with Gasteiger partial charge in [0.05, 0.1) is 4.92 Å². The van der Waals surface area contributed by atoms with Crippen molar-refractivity contribution in [2.75, 3.05) is 6.54 Å². The molecule has 0 spiro atoms. The van der Waals surface area contributed by atoms with Gasteiger partial charge in [0.2, 0.25) is 0 Å². The van der Waals surface area contributed by atoms with Gasteiger partial charge in [-0.3, -0.25) is 14.9 Å². The molecule has 0 bridgehead atoms. The molecule has 0 aliphatic rings. The number of aryl methyl sites for hydroxylation is 1. The lowest BCUT2D eigenvalue weighted by Crippen LogP contribution is -2.29. The minimum absolute atomic E-state index is 0.00837. The Morgan fingerprint density at radius 3 is 2.47 bits per heavy atom. The van der Waals surface area contributed by atoms with Gasteiger partial charge in [-0.05, 0) is 24.5 Å². The molecule has 104 valence electrons. The van der Waals surface area contributed by atoms with Crippen LogP contribution in [0.1, 0.15) is 42.6 Å². The zero-order valence-electron chi connectivity index (χ0n) is 11.6. The Kier molecular flexibility index (Phi) is 5.48. The lowest BCUT2D eigenvalue weighted by atomic mass is 10.0. The Bertz CT molecular complexity index is 468. The summed E-state index contributed by atoms with van der Waals surface area (Å²) in [5, 5.41) is 13.5. The minimum atomic E-state index is -0.459. The molecule has 0 saturated heterocycles. The van der Waals surface area contributed by atoms with Crippen LogP contribution in [0.4, 0.5) is 5.69 Å². The first-order chi connectivity index (χ1) is 8.99. The molecule has 1 aromatic carbocycles. The fourth-order valence-electron chi connectivity index (χ4n) is 1.93. The van der Waals surface area contributed by atoms with E-state index in [1.807, 2.05) is 0 Å². The van der Waals surface area contributed by atoms with Crippen LogP contribution in [-0.4, -0.2) is 17.4 Å². The van der Waals surface area contributed by atoms with Gasteiger partial charge in [0.1, 0.15) is 0 Å². The van der Waals surface area contributed by atoms with E-state index in [0.717, 1.165) is 12.8 Å². The molecule has 1 amide bonds. The highest BCUT2D eigenvalue weighted by atomic mass is 16.6. The highest BCUT2D eigenvalue weighted by Gasteiger charge is 2.14. The number of hydrogen-bond acceptors (Lipinski definition) is 3. The molecule has 0 aliphatic heterocycles. The number of carbonyl (C=O) groups excluding carboxylic acids is 1. The van der Waals surface area contributed by atoms with Crippen molar-refractivity contribution in [3.05, 3.63) is 39.4 Å². The molecule has 1 aromatic rings. The van der Waals surface area contributed by atoms with Crippen LogP contribution in [0, 0.1) is 23.0 Å². The molecule has 5 nitrogen and oxygen atoms in total. The van der Waals surface area contributed by atoms with Crippen LogP contribution in [0.2, 0.25) is 0 Å². The molecule has 0 heterocycles. The molecule has 0 aliphatic carbocycles. The highest BCUT2D eigenvalue weighted by Crippen LogP contribution is 2.17. The van der Waals surface area contributed by atoms with Crippen molar-refractivity contribution in [2.45, 2.75) is 33.6 Å². The van der Waals surface area contributed by atoms with E-state index >= 15 is 0 Å². The van der Waals surface area contributed by atoms with Gasteiger partial charge >= 0.3 is 0 Å². The van der Waals surface area contributed by atoms with Crippen molar-refractivity contribution in [1.82, 2.24) is 5.32 Å². The Morgan fingerprint density at radius 1 is 1.37 bits per heavy atom. The summed E-state index contributed by atoms with van der Waals surface area (Å²) in [4.78, 5) is 22.2. The number of nitro benzene ring substituents is 1. The van der Waals surface area contributed by atoms with Crippen molar-refractivity contribution in [3.63, 3.8) is 0 Å². The summed E-state index contributed by atoms with van der Waals surface area (Å²) in [5.41, 5.74) is 1.13. The first-order valence-electron chi connectivity index (χ1n) is 6.52. The fraction of sp³-hybridized carbons (Fsp3) is 0.500. The number of carbonyl (C=O) groups is 1. The van der Waals surface area contributed by atoms with Crippen LogP contribution in [0.25, 0.3) is 0 Å². The second kappa shape index (κ2) is 6.87. The topological polar surface area (TPSA) is 72.2 Å². The molecular formula is C14H20N2O3. The lowest BCUT2D eigenvalue weighted by molar-refractivity contribution is -0.384. The van der Waals surface area contributed by atoms with Crippen LogP contribution in [0.3, 0.4) is 0 Å². The standard InChI is InChI=1S/C14H20N2O3/c1-4-11(5-2)9-15-14(17)13-7-6-12(16(18)19)8-10(13)3/h6-8,11H,4-5,9H2,1-3H3,(H,15,17). The van der Waals surface area contributed by atoms with Crippen LogP contribution < -0.4 is 5.32 Å². The van der Waals surface area contributed by atoms with Gasteiger partial charge in [0, 0.05) is 24.2 Å². The smallest absolute Gasteiger partial charge is 0.269 e. The number of nitrogens with one attached hydrogen (secondary N) is 1. The quantitative estimate of drug-likeness (QED) is 0.634. The third-order valence-corrected chi connectivity index (χ3v) is 3.37. The zero-order valence-corrected chi connectivity index (χ0v) is 11.6. The Labute approximate surface area is 113 Å². The number of amides is 1. The van der Waals surface area contributed by atoms with Gasteiger partial charge < -0.3 is 5.32 Å². The van der Waals surface area contributed by atoms with Crippen LogP contribution >= 0.6 is 0 Å². The molecule has 5 heteroatoms. The van der Waals surface area contributed by atoms with E-state index in [0.29, 0.717) is 23.6 Å². The third-order valence-electron chi connectivity index (χ3n) is 3.37. The highest BCUT2D eigenvalue weighted by molar-refractivity contribution is 5.95. The van der Waals surface area contributed by atoms with E-state index in [2.05, 4.69) is 19.2 Å². The van der Waals surface area contributed by atoms with Gasteiger partial charge in [0.25, 0.3) is 11.6 Å². The van der Waals surface area contributed by atoms with Crippen molar-refractivity contribution in [2.24, 2.45) is 5.92 Å². The molecule has 0 atom stereocenters. The average Bonchev–Trinajstić information content (AvgIpc) is 2.39. The molecule has 19 heavy (non-hydrogen) atoms. The number of benzene rings is 1. The van der Waals surface area contributed by atoms with Crippen molar-refractivity contribution in [3.8, 4) is 0 Å². The maximum Gasteiger partial charge on any atom is 0.269 e. The molecule has 0 fully saturated rings. The summed E-state index contributed by atoms with van der Waals surface area (Å²) in [6, 6.07) is 4.29. The SMILES string of the molecule is CCC(CC)CNC(=O)c1ccc([N+](=O)[O-])cc1C. The van der Waals surface area contributed by atoms with E-state index in [4.69, 9.17) is 0 Å². The van der Waals surface area contributed by atoms with Crippen LogP contribution in [0.15, 0.2) is 18.2 Å². The molecule has 0 unspecified atom stereocenters. The third kappa shape index (κ3) is 4.05. The predicted molar refractivity (Wildman–Crippen MR) is 74.2 cm³/mol. The summed E-state index contributed by atoms with van der Waals surface area (Å²) >= 11 is 0. The van der Waals surface area contributed by atoms with Crippen molar-refractivity contribution >= 4 is 11.6 Å². The van der Waals surface area contributed by atoms with E-state index in [9.17, 15) is 14.9 Å². The number of hydrogen-bond donors (Lipinski definition) is 1. The number of rotatable bonds is 6. The normalized spacial score (nSPS) is 10.5. The van der Waals surface area contributed by atoms with E-state index in [-0.39, 0.29) is 11.6 Å². The first kappa shape index (κ1) is 15.1. The summed E-state index contributed by atoms with van der Waals surface area (Å²) in [6.07, 6.45) is 2.05. The summed E-state index contributed by atoms with van der Waals surface area (Å²) in [6.45, 7) is 6.54. The average molecular weight is 264 g/mol. The van der Waals surface area contributed by atoms with Crippen molar-refractivity contribution < 1.29 is 9.72 Å². The zero-order chi connectivity index (χ0) is 14.4. The molecular weight excluding hydrogens is 244 g/mol. The molecule has 1 rings (SSSR count). The van der Waals surface area contributed by atoms with E-state index in [1.165, 1.54) is 18.2 Å². The minimum Gasteiger partial charge on any atom is -0.352 e. The van der Waals surface area contributed by atoms with Gasteiger partial charge in [-0.1, -0.05) is 26.7 Å². The molecule has 1 N–H and O–H groups in total. The second-order valence-corrected chi connectivity index (χ2v) is 4.65. The molecule has 0 radical (unpaired) electrons. The summed E-state index contributed by atoms with van der Waals surface area (Å²) in [5.74, 6) is 0.307. The monoisotopic (exact) mass is 264 g/mol. The predicted octanol–water partition coefficient (Wildman–Crippen LogP) is 3.07. The fourth-order valence-corrected chi connectivity index (χ4v) is 1.93. The number of nitro groups is 1. The second-order valence-electron chi connectivity index (χ2n) is 4.65. The number of non-ortho nitro benzene ring substituents is 1. The lowest BCUT2D eigenvalue weighted by Gasteiger charge is -2.14. The van der Waals surface area contributed by atoms with Gasteiger partial charge in [0.15, 0.2) is 0 Å². The van der Waals surface area contributed by atoms with Gasteiger partial charge in [-0.15, -0.1) is 0 Å². The van der Waals surface area contributed by atoms with Gasteiger partial charge in [-0.25, -0.2) is 0 Å². The Hall–Kier alpha value is -1.91. The molecule has 0 saturated carbocycles. The Morgan fingerprint density at radius 2 is 2.00 bits per heavy atom. The Balaban J connectivity index is 2.75. The van der Waals surface area contributed by atoms with Crippen molar-refractivity contribution in [1.29, 1.82) is 0 Å². The van der Waals surface area contributed by atoms with Gasteiger partial charge in [-0.2, -0.15) is 0 Å².